The highest BCUT2D eigenvalue weighted by molar-refractivity contribution is 7.26. The summed E-state index contributed by atoms with van der Waals surface area (Å²) in [4.78, 5) is 2.45. The van der Waals surface area contributed by atoms with Crippen LogP contribution in [0.5, 0.6) is 0 Å². The average molecular weight is 736 g/mol. The monoisotopic (exact) mass is 735 g/mol. The van der Waals surface area contributed by atoms with E-state index < -0.39 is 0 Å². The van der Waals surface area contributed by atoms with Crippen molar-refractivity contribution in [3.05, 3.63) is 200 Å². The van der Waals surface area contributed by atoms with E-state index in [2.05, 4.69) is 205 Å². The third kappa shape index (κ3) is 5.35. The first kappa shape index (κ1) is 32.0. The fraction of sp³-hybridized carbons (Fsp3) is 0. The Bertz CT molecular complexity index is 3220. The Labute approximate surface area is 327 Å². The van der Waals surface area contributed by atoms with Crippen LogP contribution in [0.1, 0.15) is 0 Å². The molecule has 11 aromatic rings. The number of benzene rings is 9. The highest BCUT2D eigenvalue weighted by atomic mass is 32.1. The fourth-order valence-electron chi connectivity index (χ4n) is 8.38. The topological polar surface area (TPSA) is 3.24 Å². The van der Waals surface area contributed by atoms with Crippen LogP contribution in [0.25, 0.3) is 84.5 Å². The van der Waals surface area contributed by atoms with E-state index >= 15 is 0 Å². The van der Waals surface area contributed by atoms with Gasteiger partial charge in [0.25, 0.3) is 0 Å². The van der Waals surface area contributed by atoms with Gasteiger partial charge in [-0.05, 0) is 81.6 Å². The Hall–Kier alpha value is -6.52. The number of thiophene rings is 2. The molecule has 0 unspecified atom stereocenters. The van der Waals surface area contributed by atoms with Crippen LogP contribution in [-0.4, -0.2) is 0 Å². The van der Waals surface area contributed by atoms with Crippen LogP contribution in [0.2, 0.25) is 0 Å². The molecule has 0 radical (unpaired) electrons. The first-order valence-corrected chi connectivity index (χ1v) is 20.3. The van der Waals surface area contributed by atoms with E-state index in [9.17, 15) is 0 Å². The Morgan fingerprint density at radius 2 is 0.927 bits per heavy atom. The van der Waals surface area contributed by atoms with Gasteiger partial charge in [0.05, 0.1) is 5.69 Å². The molecule has 3 heteroatoms. The lowest BCUT2D eigenvalue weighted by molar-refractivity contribution is 1.28. The summed E-state index contributed by atoms with van der Waals surface area (Å²) >= 11 is 3.75. The molecule has 9 aromatic carbocycles. The molecule has 0 aliphatic rings. The molecule has 55 heavy (non-hydrogen) atoms. The number of rotatable bonds is 6. The van der Waals surface area contributed by atoms with E-state index in [1.807, 2.05) is 22.7 Å². The Balaban J connectivity index is 1.12. The molecule has 0 fully saturated rings. The number of hydrogen-bond donors (Lipinski definition) is 0. The minimum absolute atomic E-state index is 1.11. The van der Waals surface area contributed by atoms with Gasteiger partial charge < -0.3 is 4.90 Å². The highest BCUT2D eigenvalue weighted by Crippen LogP contribution is 2.47. The molecule has 0 bridgehead atoms. The number of nitrogens with zero attached hydrogens (tertiary/aromatic N) is 1. The predicted molar refractivity (Wildman–Crippen MR) is 241 cm³/mol. The number of para-hydroxylation sites is 1. The summed E-state index contributed by atoms with van der Waals surface area (Å²) in [5.41, 5.74) is 10.7. The van der Waals surface area contributed by atoms with Gasteiger partial charge >= 0.3 is 0 Å². The summed E-state index contributed by atoms with van der Waals surface area (Å²) in [7, 11) is 0. The zero-order chi connectivity index (χ0) is 36.3. The van der Waals surface area contributed by atoms with E-state index in [4.69, 9.17) is 0 Å². The maximum Gasteiger partial charge on any atom is 0.0540 e. The molecule has 0 aliphatic heterocycles. The number of hydrogen-bond acceptors (Lipinski definition) is 3. The Morgan fingerprint density at radius 1 is 0.327 bits per heavy atom. The molecule has 1 nitrogen and oxygen atoms in total. The van der Waals surface area contributed by atoms with Crippen LogP contribution < -0.4 is 4.90 Å². The van der Waals surface area contributed by atoms with Crippen molar-refractivity contribution in [2.45, 2.75) is 0 Å². The average Bonchev–Trinajstić information content (AvgIpc) is 3.83. The van der Waals surface area contributed by atoms with Gasteiger partial charge in [0, 0.05) is 62.8 Å². The molecular weight excluding hydrogens is 703 g/mol. The molecule has 0 saturated carbocycles. The summed E-state index contributed by atoms with van der Waals surface area (Å²) in [6.45, 7) is 0. The molecule has 0 atom stereocenters. The van der Waals surface area contributed by atoms with E-state index in [1.54, 1.807) is 0 Å². The third-order valence-corrected chi connectivity index (χ3v) is 13.2. The summed E-state index contributed by atoms with van der Waals surface area (Å²) in [6, 6.07) is 73.4. The normalized spacial score (nSPS) is 11.6. The Kier molecular flexibility index (Phi) is 7.61. The standard InChI is InChI=1S/C52H33NS2/c1-2-17-39-34(13-1)14-10-21-40(39)35-29-31-37(32-30-35)53(38-16-9-15-36(33-38)41-22-12-28-50-51(41)46-20-5-8-27-49(46)54-50)47-25-6-3-18-42(47)44-23-11-24-45-43-19-4-7-26-48(43)55-52(44)45/h1-33H. The van der Waals surface area contributed by atoms with Crippen molar-refractivity contribution >= 4 is 90.9 Å². The zero-order valence-electron chi connectivity index (χ0n) is 29.8. The number of anilines is 3. The van der Waals surface area contributed by atoms with Crippen LogP contribution in [0.15, 0.2) is 200 Å². The molecule has 0 aliphatic carbocycles. The van der Waals surface area contributed by atoms with Crippen LogP contribution in [0, 0.1) is 0 Å². The lowest BCUT2D eigenvalue weighted by Crippen LogP contribution is -2.11. The van der Waals surface area contributed by atoms with Crippen LogP contribution in [0.3, 0.4) is 0 Å². The van der Waals surface area contributed by atoms with Crippen molar-refractivity contribution in [3.63, 3.8) is 0 Å². The fourth-order valence-corrected chi connectivity index (χ4v) is 10.7. The zero-order valence-corrected chi connectivity index (χ0v) is 31.4. The van der Waals surface area contributed by atoms with Crippen molar-refractivity contribution in [2.24, 2.45) is 0 Å². The molecule has 258 valence electrons. The van der Waals surface area contributed by atoms with E-state index in [-0.39, 0.29) is 0 Å². The first-order chi connectivity index (χ1) is 27.3. The van der Waals surface area contributed by atoms with Crippen molar-refractivity contribution in [3.8, 4) is 33.4 Å². The largest absolute Gasteiger partial charge is 0.310 e. The van der Waals surface area contributed by atoms with Gasteiger partial charge in [-0.2, -0.15) is 0 Å². The van der Waals surface area contributed by atoms with E-state index in [1.165, 1.54) is 84.5 Å². The van der Waals surface area contributed by atoms with Gasteiger partial charge in [0.2, 0.25) is 0 Å². The minimum Gasteiger partial charge on any atom is -0.310 e. The molecule has 0 amide bonds. The summed E-state index contributed by atoms with van der Waals surface area (Å²) in [5, 5.41) is 7.76. The van der Waals surface area contributed by atoms with Crippen molar-refractivity contribution in [1.29, 1.82) is 0 Å². The molecule has 11 rings (SSSR count). The van der Waals surface area contributed by atoms with Crippen LogP contribution >= 0.6 is 22.7 Å². The highest BCUT2D eigenvalue weighted by Gasteiger charge is 2.21. The second-order valence-electron chi connectivity index (χ2n) is 14.0. The van der Waals surface area contributed by atoms with E-state index in [0.717, 1.165) is 17.1 Å². The molecule has 0 saturated heterocycles. The van der Waals surface area contributed by atoms with Gasteiger partial charge in [-0.1, -0.05) is 152 Å². The maximum absolute atomic E-state index is 2.45. The van der Waals surface area contributed by atoms with Crippen LogP contribution in [-0.2, 0) is 0 Å². The number of fused-ring (bicyclic) bond motifs is 7. The van der Waals surface area contributed by atoms with Gasteiger partial charge in [0.1, 0.15) is 0 Å². The SMILES string of the molecule is c1cc(-c2cccc3sc4ccccc4c23)cc(N(c2ccc(-c3cccc4ccccc34)cc2)c2ccccc2-c2cccc3c2sc2ccccc23)c1. The predicted octanol–water partition coefficient (Wildman–Crippen LogP) is 16.0. The summed E-state index contributed by atoms with van der Waals surface area (Å²) in [5.74, 6) is 0. The maximum atomic E-state index is 2.45. The van der Waals surface area contributed by atoms with Crippen molar-refractivity contribution in [2.75, 3.05) is 4.90 Å². The van der Waals surface area contributed by atoms with Crippen molar-refractivity contribution < 1.29 is 0 Å². The molecule has 2 aromatic heterocycles. The minimum atomic E-state index is 1.11. The Morgan fingerprint density at radius 3 is 1.82 bits per heavy atom. The van der Waals surface area contributed by atoms with Crippen molar-refractivity contribution in [1.82, 2.24) is 0 Å². The van der Waals surface area contributed by atoms with Crippen LogP contribution in [0.4, 0.5) is 17.1 Å². The second kappa shape index (κ2) is 13.1. The molecule has 2 heterocycles. The quantitative estimate of drug-likeness (QED) is 0.164. The molecule has 0 spiro atoms. The summed E-state index contributed by atoms with van der Waals surface area (Å²) < 4.78 is 5.25. The smallest absolute Gasteiger partial charge is 0.0540 e. The van der Waals surface area contributed by atoms with Gasteiger partial charge in [-0.3, -0.25) is 0 Å². The van der Waals surface area contributed by atoms with Gasteiger partial charge in [-0.15, -0.1) is 22.7 Å². The second-order valence-corrected chi connectivity index (χ2v) is 16.2. The molecule has 0 N–H and O–H groups in total. The van der Waals surface area contributed by atoms with Gasteiger partial charge in [0.15, 0.2) is 0 Å². The van der Waals surface area contributed by atoms with E-state index in [0.29, 0.717) is 0 Å². The summed E-state index contributed by atoms with van der Waals surface area (Å²) in [6.07, 6.45) is 0. The lowest BCUT2D eigenvalue weighted by atomic mass is 9.96. The first-order valence-electron chi connectivity index (χ1n) is 18.7. The molecular formula is C52H33NS2. The third-order valence-electron chi connectivity index (χ3n) is 10.9. The lowest BCUT2D eigenvalue weighted by Gasteiger charge is -2.28. The van der Waals surface area contributed by atoms with Gasteiger partial charge in [-0.25, -0.2) is 0 Å².